The number of nitro benzene ring substituents is 1. The Morgan fingerprint density at radius 2 is 2.04 bits per heavy atom. The highest BCUT2D eigenvalue weighted by atomic mass is 19.1. The van der Waals surface area contributed by atoms with E-state index in [2.05, 4.69) is 0 Å². The molecule has 0 heterocycles. The van der Waals surface area contributed by atoms with Crippen LogP contribution in [0.2, 0.25) is 0 Å². The van der Waals surface area contributed by atoms with Gasteiger partial charge in [-0.05, 0) is 30.7 Å². The Kier molecular flexibility index (Phi) is 4.90. The van der Waals surface area contributed by atoms with Gasteiger partial charge in [-0.1, -0.05) is 18.2 Å². The van der Waals surface area contributed by atoms with Crippen LogP contribution in [-0.2, 0) is 11.3 Å². The Bertz CT molecular complexity index is 760. The van der Waals surface area contributed by atoms with Crippen molar-refractivity contribution in [3.63, 3.8) is 0 Å². The molecule has 0 aliphatic rings. The van der Waals surface area contributed by atoms with Gasteiger partial charge in [-0.15, -0.1) is 0 Å². The smallest absolute Gasteiger partial charge is 0.345 e. The highest BCUT2D eigenvalue weighted by Gasteiger charge is 2.23. The number of benzene rings is 2. The van der Waals surface area contributed by atoms with E-state index < -0.39 is 16.7 Å². The van der Waals surface area contributed by atoms with Crippen LogP contribution in [0.5, 0.6) is 5.75 Å². The molecule has 7 heteroatoms. The van der Waals surface area contributed by atoms with Gasteiger partial charge < -0.3 is 9.47 Å². The van der Waals surface area contributed by atoms with Crippen molar-refractivity contribution in [2.24, 2.45) is 0 Å². The summed E-state index contributed by atoms with van der Waals surface area (Å²) in [5, 5.41) is 11.1. The normalized spacial score (nSPS) is 10.2. The molecular weight excluding hydrogens is 305 g/mol. The van der Waals surface area contributed by atoms with E-state index in [1.54, 1.807) is 6.07 Å². The number of nitrogens with zero attached hydrogens (tertiary/aromatic N) is 1. The van der Waals surface area contributed by atoms with E-state index in [1.165, 1.54) is 44.4 Å². The molecule has 2 aromatic rings. The van der Waals surface area contributed by atoms with Gasteiger partial charge in [0.25, 0.3) is 5.69 Å². The molecule has 0 unspecified atom stereocenters. The first-order valence-electron chi connectivity index (χ1n) is 6.67. The number of ether oxygens (including phenoxy) is 2. The Labute approximate surface area is 131 Å². The summed E-state index contributed by atoms with van der Waals surface area (Å²) in [6.07, 6.45) is 0. The number of aryl methyl sites for hydroxylation is 1. The van der Waals surface area contributed by atoms with Crippen LogP contribution in [0.4, 0.5) is 10.1 Å². The molecule has 0 fully saturated rings. The number of rotatable bonds is 5. The molecule has 0 atom stereocenters. The first kappa shape index (κ1) is 16.4. The quantitative estimate of drug-likeness (QED) is 0.479. The number of methoxy groups -OCH3 is 1. The van der Waals surface area contributed by atoms with Crippen LogP contribution in [0.1, 0.15) is 21.5 Å². The van der Waals surface area contributed by atoms with Crippen LogP contribution in [-0.4, -0.2) is 18.0 Å². The average Bonchev–Trinajstić information content (AvgIpc) is 2.52. The summed E-state index contributed by atoms with van der Waals surface area (Å²) in [5.74, 6) is -1.34. The Hall–Kier alpha value is -2.96. The van der Waals surface area contributed by atoms with Gasteiger partial charge in [-0.3, -0.25) is 10.1 Å². The molecule has 2 aromatic carbocycles. The average molecular weight is 319 g/mol. The number of hydrogen-bond acceptors (Lipinski definition) is 5. The lowest BCUT2D eigenvalue weighted by atomic mass is 10.1. The highest BCUT2D eigenvalue weighted by Crippen LogP contribution is 2.24. The number of carbonyl (C=O) groups excluding carboxylic acids is 1. The number of halogens is 1. The molecule has 0 bridgehead atoms. The van der Waals surface area contributed by atoms with Crippen molar-refractivity contribution in [2.45, 2.75) is 13.5 Å². The van der Waals surface area contributed by atoms with Gasteiger partial charge in [0.2, 0.25) is 0 Å². The van der Waals surface area contributed by atoms with Gasteiger partial charge in [0.15, 0.2) is 11.6 Å². The monoisotopic (exact) mass is 319 g/mol. The molecule has 0 saturated heterocycles. The van der Waals surface area contributed by atoms with Crippen LogP contribution in [0.25, 0.3) is 0 Å². The molecule has 6 nitrogen and oxygen atoms in total. The molecule has 0 aromatic heterocycles. The molecule has 0 amide bonds. The molecule has 0 radical (unpaired) electrons. The fourth-order valence-corrected chi connectivity index (χ4v) is 2.09. The fourth-order valence-electron chi connectivity index (χ4n) is 2.09. The van der Waals surface area contributed by atoms with Gasteiger partial charge in [0, 0.05) is 5.56 Å². The van der Waals surface area contributed by atoms with Crippen molar-refractivity contribution >= 4 is 11.7 Å². The van der Waals surface area contributed by atoms with E-state index in [4.69, 9.17) is 9.47 Å². The Morgan fingerprint density at radius 1 is 1.30 bits per heavy atom. The van der Waals surface area contributed by atoms with Crippen molar-refractivity contribution in [3.05, 3.63) is 69.0 Å². The first-order valence-corrected chi connectivity index (χ1v) is 6.67. The molecule has 0 aliphatic heterocycles. The van der Waals surface area contributed by atoms with Crippen LogP contribution in [0.3, 0.4) is 0 Å². The third kappa shape index (κ3) is 3.63. The van der Waals surface area contributed by atoms with Gasteiger partial charge >= 0.3 is 5.97 Å². The zero-order valence-electron chi connectivity index (χ0n) is 12.5. The number of para-hydroxylation sites is 1. The summed E-state index contributed by atoms with van der Waals surface area (Å²) in [6, 6.07) is 8.52. The van der Waals surface area contributed by atoms with E-state index >= 15 is 0 Å². The summed E-state index contributed by atoms with van der Waals surface area (Å²) < 4.78 is 23.4. The maximum atomic E-state index is 13.6. The maximum absolute atomic E-state index is 13.6. The Balaban J connectivity index is 2.16. The highest BCUT2D eigenvalue weighted by molar-refractivity contribution is 5.94. The van der Waals surface area contributed by atoms with Crippen LogP contribution < -0.4 is 4.74 Å². The lowest BCUT2D eigenvalue weighted by molar-refractivity contribution is -0.385. The summed E-state index contributed by atoms with van der Waals surface area (Å²) in [6.45, 7) is 1.33. The molecule has 0 spiro atoms. The fraction of sp³-hybridized carbons (Fsp3) is 0.188. The van der Waals surface area contributed by atoms with E-state index in [9.17, 15) is 19.3 Å². The first-order chi connectivity index (χ1) is 10.9. The minimum absolute atomic E-state index is 0.0781. The molecule has 23 heavy (non-hydrogen) atoms. The second-order valence-electron chi connectivity index (χ2n) is 4.77. The van der Waals surface area contributed by atoms with Gasteiger partial charge in [0.05, 0.1) is 12.0 Å². The number of nitro groups is 1. The zero-order valence-corrected chi connectivity index (χ0v) is 12.5. The summed E-state index contributed by atoms with van der Waals surface area (Å²) >= 11 is 0. The predicted octanol–water partition coefficient (Wildman–Crippen LogP) is 3.41. The second-order valence-corrected chi connectivity index (χ2v) is 4.77. The van der Waals surface area contributed by atoms with Crippen LogP contribution in [0, 0.1) is 22.9 Å². The molecule has 120 valence electrons. The molecule has 0 saturated carbocycles. The summed E-state index contributed by atoms with van der Waals surface area (Å²) in [7, 11) is 1.34. The standard InChI is InChI=1S/C16H14FNO5/c1-10-4-3-5-12(15(10)18(20)21)16(19)23-9-11-6-7-14(22-2)13(17)8-11/h3-8H,9H2,1-2H3. The topological polar surface area (TPSA) is 78.7 Å². The predicted molar refractivity (Wildman–Crippen MR) is 79.9 cm³/mol. The molecular formula is C16H14FNO5. The van der Waals surface area contributed by atoms with E-state index in [-0.39, 0.29) is 23.6 Å². The maximum Gasteiger partial charge on any atom is 0.345 e. The minimum atomic E-state index is -0.836. The van der Waals surface area contributed by atoms with Crippen molar-refractivity contribution in [1.82, 2.24) is 0 Å². The second kappa shape index (κ2) is 6.87. The minimum Gasteiger partial charge on any atom is -0.494 e. The molecule has 2 rings (SSSR count). The van der Waals surface area contributed by atoms with Crippen molar-refractivity contribution in [2.75, 3.05) is 7.11 Å². The van der Waals surface area contributed by atoms with Gasteiger partial charge in [-0.25, -0.2) is 9.18 Å². The van der Waals surface area contributed by atoms with Crippen molar-refractivity contribution in [1.29, 1.82) is 0 Å². The number of hydrogen-bond donors (Lipinski definition) is 0. The molecule has 0 aliphatic carbocycles. The summed E-state index contributed by atoms with van der Waals surface area (Å²) in [4.78, 5) is 22.5. The zero-order chi connectivity index (χ0) is 17.0. The van der Waals surface area contributed by atoms with Gasteiger partial charge in [0.1, 0.15) is 12.2 Å². The molecule has 0 N–H and O–H groups in total. The number of carbonyl (C=O) groups is 1. The van der Waals surface area contributed by atoms with Gasteiger partial charge in [-0.2, -0.15) is 0 Å². The van der Waals surface area contributed by atoms with E-state index in [0.717, 1.165) is 0 Å². The summed E-state index contributed by atoms with van der Waals surface area (Å²) in [5.41, 5.74) is 0.342. The third-order valence-electron chi connectivity index (χ3n) is 3.23. The van der Waals surface area contributed by atoms with E-state index in [0.29, 0.717) is 11.1 Å². The van der Waals surface area contributed by atoms with Crippen LogP contribution >= 0.6 is 0 Å². The Morgan fingerprint density at radius 3 is 2.65 bits per heavy atom. The lowest BCUT2D eigenvalue weighted by Crippen LogP contribution is -2.09. The lowest BCUT2D eigenvalue weighted by Gasteiger charge is -2.08. The largest absolute Gasteiger partial charge is 0.494 e. The van der Waals surface area contributed by atoms with Crippen LogP contribution in [0.15, 0.2) is 36.4 Å². The van der Waals surface area contributed by atoms with Crippen molar-refractivity contribution < 1.29 is 23.6 Å². The third-order valence-corrected chi connectivity index (χ3v) is 3.23. The van der Waals surface area contributed by atoms with E-state index in [1.807, 2.05) is 0 Å². The van der Waals surface area contributed by atoms with Crippen molar-refractivity contribution in [3.8, 4) is 5.75 Å². The number of esters is 1. The SMILES string of the molecule is COc1ccc(COC(=O)c2cccc(C)c2[N+](=O)[O-])cc1F.